The molecule has 0 aromatic rings. The Morgan fingerprint density at radius 3 is 2.68 bits per heavy atom. The topological polar surface area (TPSA) is 115 Å². The maximum absolute atomic E-state index is 12.9. The van der Waals surface area contributed by atoms with E-state index in [0.29, 0.717) is 29.6 Å². The van der Waals surface area contributed by atoms with Gasteiger partial charge in [-0.25, -0.2) is 9.37 Å². The van der Waals surface area contributed by atoms with Crippen molar-refractivity contribution in [2.75, 3.05) is 26.7 Å². The van der Waals surface area contributed by atoms with Crippen LogP contribution in [0.5, 0.6) is 0 Å². The summed E-state index contributed by atoms with van der Waals surface area (Å²) in [5, 5.41) is 5.64. The Labute approximate surface area is 144 Å². The van der Waals surface area contributed by atoms with Crippen molar-refractivity contribution in [3.05, 3.63) is 12.2 Å². The SMILES string of the molecule is C=C(C)CN1C(=O)C2C(=NC3=[N+]2CC(C)=NN3CC(N)=O)N(C)C1=O. The van der Waals surface area contributed by atoms with Crippen LogP contribution < -0.4 is 5.73 Å². The number of carbonyl (C=O) groups excluding carboxylic acids is 3. The fourth-order valence-electron chi connectivity index (χ4n) is 3.07. The number of hydrogen-bond donors (Lipinski definition) is 1. The molecule has 3 aliphatic heterocycles. The number of hydrogen-bond acceptors (Lipinski definition) is 6. The first-order valence-corrected chi connectivity index (χ1v) is 7.76. The molecule has 0 bridgehead atoms. The summed E-state index contributed by atoms with van der Waals surface area (Å²) in [5.41, 5.74) is 6.68. The van der Waals surface area contributed by atoms with E-state index >= 15 is 0 Å². The molecular weight excluding hydrogens is 326 g/mol. The van der Waals surface area contributed by atoms with E-state index in [4.69, 9.17) is 5.73 Å². The summed E-state index contributed by atoms with van der Waals surface area (Å²) in [5.74, 6) is -0.272. The molecule has 0 aromatic heterocycles. The first-order valence-electron chi connectivity index (χ1n) is 7.76. The van der Waals surface area contributed by atoms with Gasteiger partial charge in [0.15, 0.2) is 6.54 Å². The summed E-state index contributed by atoms with van der Waals surface area (Å²) in [4.78, 5) is 43.7. The molecule has 10 heteroatoms. The van der Waals surface area contributed by atoms with Crippen LogP contribution in [-0.2, 0) is 9.59 Å². The molecule has 0 saturated carbocycles. The number of fused-ring (bicyclic) bond motifs is 2. The van der Waals surface area contributed by atoms with Gasteiger partial charge < -0.3 is 5.73 Å². The molecule has 0 radical (unpaired) electrons. The Morgan fingerprint density at radius 2 is 2.08 bits per heavy atom. The molecule has 2 N–H and O–H groups in total. The lowest BCUT2D eigenvalue weighted by atomic mass is 10.1. The van der Waals surface area contributed by atoms with Crippen molar-refractivity contribution in [3.63, 3.8) is 0 Å². The van der Waals surface area contributed by atoms with Crippen molar-refractivity contribution in [1.82, 2.24) is 14.8 Å². The van der Waals surface area contributed by atoms with E-state index in [1.165, 1.54) is 9.91 Å². The van der Waals surface area contributed by atoms with E-state index < -0.39 is 18.0 Å². The lowest BCUT2D eigenvalue weighted by Gasteiger charge is -2.34. The lowest BCUT2D eigenvalue weighted by molar-refractivity contribution is -0.527. The molecule has 1 fully saturated rings. The number of urea groups is 1. The van der Waals surface area contributed by atoms with Crippen molar-refractivity contribution in [1.29, 1.82) is 0 Å². The summed E-state index contributed by atoms with van der Waals surface area (Å²) in [7, 11) is 1.57. The average Bonchev–Trinajstić information content (AvgIpc) is 2.88. The predicted molar refractivity (Wildman–Crippen MR) is 90.1 cm³/mol. The predicted octanol–water partition coefficient (Wildman–Crippen LogP) is -1.22. The molecule has 3 aliphatic rings. The number of amidine groups is 1. The van der Waals surface area contributed by atoms with Gasteiger partial charge in [0.05, 0.1) is 12.3 Å². The van der Waals surface area contributed by atoms with Gasteiger partial charge in [-0.3, -0.25) is 19.4 Å². The number of guanidine groups is 1. The molecule has 1 atom stereocenters. The van der Waals surface area contributed by atoms with E-state index in [-0.39, 0.29) is 19.0 Å². The van der Waals surface area contributed by atoms with Gasteiger partial charge in [0.2, 0.25) is 11.9 Å². The molecule has 4 amide bonds. The van der Waals surface area contributed by atoms with Gasteiger partial charge in [0.25, 0.3) is 11.8 Å². The standard InChI is InChI=1S/C15H19N7O3/c1-8(2)5-21-13(24)11-12(19(4)15(21)25)17-14-20(11)6-9(3)18-22(14)7-10(16)23/h11H,1,5-7H2,2-4H3,(H-,16,23)/p+1. The van der Waals surface area contributed by atoms with Crippen molar-refractivity contribution >= 4 is 35.4 Å². The Kier molecular flexibility index (Phi) is 3.90. The van der Waals surface area contributed by atoms with Crippen LogP contribution in [0, 0.1) is 0 Å². The number of amides is 4. The summed E-state index contributed by atoms with van der Waals surface area (Å²) >= 11 is 0. The molecule has 10 nitrogen and oxygen atoms in total. The first kappa shape index (κ1) is 16.8. The average molecular weight is 346 g/mol. The van der Waals surface area contributed by atoms with Gasteiger partial charge in [0.1, 0.15) is 6.54 Å². The Balaban J connectivity index is 2.02. The molecule has 1 unspecified atom stereocenters. The number of primary amides is 1. The molecule has 0 aliphatic carbocycles. The fraction of sp³-hybridized carbons (Fsp3) is 0.467. The molecular formula is C15H20N7O3+. The number of rotatable bonds is 4. The van der Waals surface area contributed by atoms with Crippen LogP contribution in [0.15, 0.2) is 22.2 Å². The van der Waals surface area contributed by atoms with Gasteiger partial charge in [0, 0.05) is 7.05 Å². The highest BCUT2D eigenvalue weighted by Gasteiger charge is 2.54. The van der Waals surface area contributed by atoms with E-state index in [1.807, 2.05) is 0 Å². The Morgan fingerprint density at radius 1 is 1.40 bits per heavy atom. The molecule has 0 aromatic carbocycles. The monoisotopic (exact) mass is 346 g/mol. The minimum Gasteiger partial charge on any atom is -0.367 e. The number of nitrogens with zero attached hydrogens (tertiary/aromatic N) is 6. The fourth-order valence-corrected chi connectivity index (χ4v) is 3.07. The molecule has 132 valence electrons. The van der Waals surface area contributed by atoms with E-state index in [9.17, 15) is 14.4 Å². The third-order valence-corrected chi connectivity index (χ3v) is 4.04. The van der Waals surface area contributed by atoms with Crippen LogP contribution in [0.2, 0.25) is 0 Å². The summed E-state index contributed by atoms with van der Waals surface area (Å²) < 4.78 is 1.73. The third-order valence-electron chi connectivity index (χ3n) is 4.04. The van der Waals surface area contributed by atoms with Crippen LogP contribution in [0.25, 0.3) is 0 Å². The van der Waals surface area contributed by atoms with Gasteiger partial charge in [-0.1, -0.05) is 17.1 Å². The number of imide groups is 1. The zero-order valence-electron chi connectivity index (χ0n) is 14.4. The van der Waals surface area contributed by atoms with Gasteiger partial charge in [-0.05, 0) is 13.8 Å². The second-order valence-corrected chi connectivity index (χ2v) is 6.38. The van der Waals surface area contributed by atoms with Crippen LogP contribution >= 0.6 is 0 Å². The zero-order valence-corrected chi connectivity index (χ0v) is 14.4. The molecule has 25 heavy (non-hydrogen) atoms. The maximum Gasteiger partial charge on any atom is 0.417 e. The molecule has 0 spiro atoms. The zero-order chi connectivity index (χ0) is 18.5. The van der Waals surface area contributed by atoms with Crippen molar-refractivity contribution < 1.29 is 19.0 Å². The van der Waals surface area contributed by atoms with E-state index in [0.717, 1.165) is 4.90 Å². The van der Waals surface area contributed by atoms with Crippen LogP contribution in [-0.4, -0.2) is 87.5 Å². The molecule has 3 rings (SSSR count). The summed E-state index contributed by atoms with van der Waals surface area (Å²) in [6, 6.07) is -1.19. The van der Waals surface area contributed by atoms with Crippen molar-refractivity contribution in [3.8, 4) is 0 Å². The first-order chi connectivity index (χ1) is 11.7. The smallest absolute Gasteiger partial charge is 0.367 e. The van der Waals surface area contributed by atoms with Crippen LogP contribution in [0.1, 0.15) is 13.8 Å². The van der Waals surface area contributed by atoms with Gasteiger partial charge in [-0.15, -0.1) is 10.1 Å². The normalized spacial score (nSPS) is 22.7. The van der Waals surface area contributed by atoms with E-state index in [2.05, 4.69) is 16.7 Å². The Bertz CT molecular complexity index is 795. The second-order valence-electron chi connectivity index (χ2n) is 6.38. The van der Waals surface area contributed by atoms with Crippen molar-refractivity contribution in [2.24, 2.45) is 15.8 Å². The van der Waals surface area contributed by atoms with E-state index in [1.54, 1.807) is 25.5 Å². The van der Waals surface area contributed by atoms with Crippen molar-refractivity contribution in [2.45, 2.75) is 19.9 Å². The van der Waals surface area contributed by atoms with Crippen LogP contribution in [0.3, 0.4) is 0 Å². The number of carbonyl (C=O) groups is 3. The highest BCUT2D eigenvalue weighted by Crippen LogP contribution is 2.23. The summed E-state index contributed by atoms with van der Waals surface area (Å²) in [6.45, 7) is 7.67. The highest BCUT2D eigenvalue weighted by atomic mass is 16.2. The quantitative estimate of drug-likeness (QED) is 0.508. The minimum atomic E-state index is -0.738. The maximum atomic E-state index is 12.9. The highest BCUT2D eigenvalue weighted by molar-refractivity contribution is 6.23. The van der Waals surface area contributed by atoms with Gasteiger partial charge in [-0.2, -0.15) is 0 Å². The number of likely N-dealkylation sites (N-methyl/N-ethyl adjacent to an activating group) is 1. The Hall–Kier alpha value is -3.04. The number of nitrogens with two attached hydrogens (primary N) is 1. The third kappa shape index (κ3) is 2.69. The lowest BCUT2D eigenvalue weighted by Crippen LogP contribution is -2.63. The largest absolute Gasteiger partial charge is 0.417 e. The molecule has 3 heterocycles. The molecule has 1 saturated heterocycles. The minimum absolute atomic E-state index is 0.146. The van der Waals surface area contributed by atoms with Crippen LogP contribution in [0.4, 0.5) is 4.79 Å². The number of aliphatic imine (C=N–C) groups is 1. The number of hydrazone groups is 1. The van der Waals surface area contributed by atoms with Gasteiger partial charge >= 0.3 is 12.0 Å². The second kappa shape index (κ2) is 5.80. The summed E-state index contributed by atoms with van der Waals surface area (Å²) in [6.07, 6.45) is 0.